The Morgan fingerprint density at radius 2 is 1.73 bits per heavy atom. The van der Waals surface area contributed by atoms with Gasteiger partial charge in [-0.2, -0.15) is 0 Å². The fourth-order valence-electron chi connectivity index (χ4n) is 2.24. The highest BCUT2D eigenvalue weighted by Gasteiger charge is 2.19. The summed E-state index contributed by atoms with van der Waals surface area (Å²) in [7, 11) is 4.39. The van der Waals surface area contributed by atoms with E-state index in [9.17, 15) is 9.59 Å². The molecule has 26 heavy (non-hydrogen) atoms. The third-order valence-electron chi connectivity index (χ3n) is 3.51. The van der Waals surface area contributed by atoms with E-state index in [1.807, 2.05) is 0 Å². The molecular formula is C18H19NO6S. The number of benzene rings is 1. The zero-order valence-corrected chi connectivity index (χ0v) is 15.7. The van der Waals surface area contributed by atoms with Gasteiger partial charge < -0.3 is 18.9 Å². The number of hydrogen-bond donors (Lipinski definition) is 0. The highest BCUT2D eigenvalue weighted by atomic mass is 32.2. The molecule has 0 atom stereocenters. The van der Waals surface area contributed by atoms with E-state index in [4.69, 9.17) is 18.9 Å². The molecule has 2 aromatic rings. The topological polar surface area (TPSA) is 84.0 Å². The second-order valence-corrected chi connectivity index (χ2v) is 5.77. The summed E-state index contributed by atoms with van der Waals surface area (Å²) >= 11 is 1.32. The Bertz CT molecular complexity index is 783. The molecule has 0 spiro atoms. The lowest BCUT2D eigenvalue weighted by Crippen LogP contribution is -2.15. The van der Waals surface area contributed by atoms with Crippen molar-refractivity contribution in [3.63, 3.8) is 0 Å². The summed E-state index contributed by atoms with van der Waals surface area (Å²) in [6, 6.07) is 6.26. The van der Waals surface area contributed by atoms with E-state index in [0.29, 0.717) is 27.8 Å². The summed E-state index contributed by atoms with van der Waals surface area (Å²) in [6.07, 6.45) is 3.39. The monoisotopic (exact) mass is 377 g/mol. The highest BCUT2D eigenvalue weighted by Crippen LogP contribution is 2.38. The molecule has 2 rings (SSSR count). The van der Waals surface area contributed by atoms with Gasteiger partial charge in [0.05, 0.1) is 26.9 Å². The number of pyridine rings is 1. The molecule has 0 fully saturated rings. The summed E-state index contributed by atoms with van der Waals surface area (Å²) in [6.45, 7) is -0.416. The number of hydrogen-bond acceptors (Lipinski definition) is 8. The average molecular weight is 377 g/mol. The van der Waals surface area contributed by atoms with Crippen LogP contribution in [0.3, 0.4) is 0 Å². The lowest BCUT2D eigenvalue weighted by atomic mass is 10.1. The van der Waals surface area contributed by atoms with E-state index in [1.165, 1.54) is 45.2 Å². The zero-order chi connectivity index (χ0) is 19.1. The first-order valence-electron chi connectivity index (χ1n) is 7.55. The van der Waals surface area contributed by atoms with Gasteiger partial charge in [-0.05, 0) is 30.5 Å². The van der Waals surface area contributed by atoms with Gasteiger partial charge >= 0.3 is 5.97 Å². The third-order valence-corrected chi connectivity index (χ3v) is 4.22. The lowest BCUT2D eigenvalue weighted by Gasteiger charge is -2.13. The molecule has 0 amide bonds. The molecule has 0 unspecified atom stereocenters. The number of methoxy groups -OCH3 is 3. The van der Waals surface area contributed by atoms with Gasteiger partial charge in [0.25, 0.3) is 0 Å². The van der Waals surface area contributed by atoms with Crippen molar-refractivity contribution in [2.24, 2.45) is 0 Å². The second kappa shape index (κ2) is 9.10. The first-order chi connectivity index (χ1) is 12.5. The fourth-order valence-corrected chi connectivity index (χ4v) is 2.78. The maximum atomic E-state index is 12.4. The maximum absolute atomic E-state index is 12.4. The number of thioether (sulfide) groups is 1. The molecule has 1 aromatic heterocycles. The summed E-state index contributed by atoms with van der Waals surface area (Å²) < 4.78 is 20.8. The van der Waals surface area contributed by atoms with Gasteiger partial charge in [-0.25, -0.2) is 9.78 Å². The van der Waals surface area contributed by atoms with Crippen molar-refractivity contribution in [1.82, 2.24) is 4.98 Å². The first-order valence-corrected chi connectivity index (χ1v) is 8.77. The predicted octanol–water partition coefficient (Wildman–Crippen LogP) is 2.87. The number of rotatable bonds is 8. The standard InChI is InChI=1S/C18H19NO6S/c1-22-14-8-11(9-15(23-2)16(14)24-3)13(20)10-25-18(21)12-6-5-7-19-17(12)26-4/h5-9H,10H2,1-4H3. The first kappa shape index (κ1) is 19.6. The Labute approximate surface area is 155 Å². The number of carbonyl (C=O) groups excluding carboxylic acids is 2. The van der Waals surface area contributed by atoms with Crippen molar-refractivity contribution in [2.45, 2.75) is 5.03 Å². The molecule has 8 heteroatoms. The molecule has 1 aromatic carbocycles. The van der Waals surface area contributed by atoms with E-state index in [0.717, 1.165) is 0 Å². The number of ether oxygens (including phenoxy) is 4. The predicted molar refractivity (Wildman–Crippen MR) is 96.7 cm³/mol. The number of esters is 1. The molecule has 0 saturated heterocycles. The number of aromatic nitrogens is 1. The number of ketones is 1. The molecule has 0 aliphatic rings. The molecule has 0 radical (unpaired) electrons. The van der Waals surface area contributed by atoms with Crippen molar-refractivity contribution in [1.29, 1.82) is 0 Å². The molecule has 7 nitrogen and oxygen atoms in total. The minimum Gasteiger partial charge on any atom is -0.493 e. The molecule has 0 aliphatic carbocycles. The minimum absolute atomic E-state index is 0.281. The average Bonchev–Trinajstić information content (AvgIpc) is 2.70. The second-order valence-electron chi connectivity index (χ2n) is 4.97. The van der Waals surface area contributed by atoms with Crippen LogP contribution in [-0.4, -0.2) is 50.9 Å². The Balaban J connectivity index is 2.16. The van der Waals surface area contributed by atoms with E-state index >= 15 is 0 Å². The Morgan fingerprint density at radius 3 is 2.27 bits per heavy atom. The van der Waals surface area contributed by atoms with Crippen LogP contribution in [-0.2, 0) is 4.74 Å². The van der Waals surface area contributed by atoms with Crippen molar-refractivity contribution >= 4 is 23.5 Å². The van der Waals surface area contributed by atoms with E-state index < -0.39 is 18.4 Å². The summed E-state index contributed by atoms with van der Waals surface area (Å²) in [5.41, 5.74) is 0.598. The molecule has 1 heterocycles. The van der Waals surface area contributed by atoms with Crippen molar-refractivity contribution in [2.75, 3.05) is 34.2 Å². The number of carbonyl (C=O) groups is 2. The van der Waals surface area contributed by atoms with Gasteiger partial charge in [-0.1, -0.05) is 0 Å². The van der Waals surface area contributed by atoms with Crippen LogP contribution in [0.4, 0.5) is 0 Å². The zero-order valence-electron chi connectivity index (χ0n) is 14.9. The number of Topliss-reactive ketones (excluding diaryl/α,β-unsaturated/α-hetero) is 1. The van der Waals surface area contributed by atoms with Gasteiger partial charge in [0.2, 0.25) is 11.5 Å². The van der Waals surface area contributed by atoms with Crippen LogP contribution in [0, 0.1) is 0 Å². The van der Waals surface area contributed by atoms with Crippen LogP contribution in [0.5, 0.6) is 17.2 Å². The van der Waals surface area contributed by atoms with Gasteiger partial charge in [0.15, 0.2) is 18.1 Å². The van der Waals surface area contributed by atoms with Crippen LogP contribution < -0.4 is 14.2 Å². The van der Waals surface area contributed by atoms with Crippen LogP contribution in [0.25, 0.3) is 0 Å². The van der Waals surface area contributed by atoms with Gasteiger partial charge in [0, 0.05) is 11.8 Å². The largest absolute Gasteiger partial charge is 0.493 e. The lowest BCUT2D eigenvalue weighted by molar-refractivity contribution is 0.0470. The van der Waals surface area contributed by atoms with Crippen molar-refractivity contribution < 1.29 is 28.5 Å². The summed E-state index contributed by atoms with van der Waals surface area (Å²) in [4.78, 5) is 28.7. The summed E-state index contributed by atoms with van der Waals surface area (Å²) in [5.74, 6) is 0.0656. The summed E-state index contributed by atoms with van der Waals surface area (Å²) in [5, 5.41) is 0.540. The van der Waals surface area contributed by atoms with Crippen LogP contribution in [0.1, 0.15) is 20.7 Å². The van der Waals surface area contributed by atoms with E-state index in [1.54, 1.807) is 24.6 Å². The normalized spacial score (nSPS) is 10.2. The Morgan fingerprint density at radius 1 is 1.08 bits per heavy atom. The Kier molecular flexibility index (Phi) is 6.85. The smallest absolute Gasteiger partial charge is 0.341 e. The quantitative estimate of drug-likeness (QED) is 0.394. The van der Waals surface area contributed by atoms with Crippen molar-refractivity contribution in [3.05, 3.63) is 41.6 Å². The van der Waals surface area contributed by atoms with Crippen LogP contribution in [0.2, 0.25) is 0 Å². The molecule has 0 bridgehead atoms. The molecule has 138 valence electrons. The minimum atomic E-state index is -0.608. The fraction of sp³-hybridized carbons (Fsp3) is 0.278. The van der Waals surface area contributed by atoms with Gasteiger partial charge in [-0.3, -0.25) is 4.79 Å². The molecule has 0 N–H and O–H groups in total. The highest BCUT2D eigenvalue weighted by molar-refractivity contribution is 7.98. The third kappa shape index (κ3) is 4.26. The van der Waals surface area contributed by atoms with E-state index in [-0.39, 0.29) is 5.56 Å². The van der Waals surface area contributed by atoms with Gasteiger partial charge in [0.1, 0.15) is 5.03 Å². The van der Waals surface area contributed by atoms with E-state index in [2.05, 4.69) is 4.98 Å². The molecule has 0 aliphatic heterocycles. The van der Waals surface area contributed by atoms with Crippen LogP contribution in [0.15, 0.2) is 35.5 Å². The maximum Gasteiger partial charge on any atom is 0.341 e. The number of nitrogens with zero attached hydrogens (tertiary/aromatic N) is 1. The van der Waals surface area contributed by atoms with Crippen molar-refractivity contribution in [3.8, 4) is 17.2 Å². The van der Waals surface area contributed by atoms with Gasteiger partial charge in [-0.15, -0.1) is 11.8 Å². The SMILES string of the molecule is COc1cc(C(=O)COC(=O)c2cccnc2SC)cc(OC)c1OC. The Hall–Kier alpha value is -2.74. The molecular weight excluding hydrogens is 358 g/mol. The molecule has 0 saturated carbocycles. The van der Waals surface area contributed by atoms with Crippen LogP contribution >= 0.6 is 11.8 Å².